The molecule has 2 rings (SSSR count). The third kappa shape index (κ3) is 9.89. The summed E-state index contributed by atoms with van der Waals surface area (Å²) < 4.78 is 30.0. The third-order valence-corrected chi connectivity index (χ3v) is 9.43. The number of hydrogen-bond acceptors (Lipinski definition) is 8. The number of aromatic nitrogens is 1. The molecule has 0 aliphatic rings. The molecule has 1 heterocycles. The van der Waals surface area contributed by atoms with Crippen molar-refractivity contribution >= 4 is 27.3 Å². The van der Waals surface area contributed by atoms with E-state index in [0.29, 0.717) is 17.8 Å². The van der Waals surface area contributed by atoms with E-state index < -0.39 is 27.4 Å². The van der Waals surface area contributed by atoms with Crippen LogP contribution in [-0.4, -0.2) is 60.5 Å². The highest BCUT2D eigenvalue weighted by molar-refractivity contribution is 7.89. The molecule has 43 heavy (non-hydrogen) atoms. The van der Waals surface area contributed by atoms with E-state index in [4.69, 9.17) is 5.84 Å². The van der Waals surface area contributed by atoms with E-state index in [1.807, 2.05) is 0 Å². The fraction of sp³-hybridized carbons (Fsp3) is 0.613. The van der Waals surface area contributed by atoms with Crippen molar-refractivity contribution in [2.75, 3.05) is 33.0 Å². The minimum Gasteiger partial charge on any atom is -0.492 e. The van der Waals surface area contributed by atoms with Gasteiger partial charge in [0.15, 0.2) is 5.69 Å². The number of carbonyl (C=O) groups excluding carboxylic acids is 1. The topological polar surface area (TPSA) is 151 Å². The van der Waals surface area contributed by atoms with E-state index in [0.717, 1.165) is 64.2 Å². The molecule has 240 valence electrons. The molecular weight excluding hydrogens is 568 g/mol. The fourth-order valence-corrected chi connectivity index (χ4v) is 6.50. The summed E-state index contributed by atoms with van der Waals surface area (Å²) in [4.78, 5) is 26.5. The average molecular weight is 619 g/mol. The predicted molar refractivity (Wildman–Crippen MR) is 171 cm³/mol. The molecule has 0 saturated heterocycles. The lowest BCUT2D eigenvalue weighted by Crippen LogP contribution is -2.36. The number of rotatable bonds is 19. The van der Waals surface area contributed by atoms with Crippen LogP contribution in [0, 0.1) is 6.92 Å². The van der Waals surface area contributed by atoms with Crippen LogP contribution in [0.15, 0.2) is 44.2 Å². The van der Waals surface area contributed by atoms with Gasteiger partial charge < -0.3 is 15.8 Å². The number of nitrogens with two attached hydrogens (primary N) is 1. The highest BCUT2D eigenvalue weighted by Gasteiger charge is 2.27. The molecular formula is C31H50N6O5S. The molecule has 2 aromatic rings. The van der Waals surface area contributed by atoms with Gasteiger partial charge in [-0.05, 0) is 31.9 Å². The first-order chi connectivity index (χ1) is 20.5. The number of pyridine rings is 1. The van der Waals surface area contributed by atoms with Crippen molar-refractivity contribution in [3.05, 3.63) is 45.7 Å². The molecule has 1 amide bonds. The number of aromatic hydroxyl groups is 1. The number of sulfonamides is 1. The first kappa shape index (κ1) is 35.9. The lowest BCUT2D eigenvalue weighted by molar-refractivity contribution is 0.0824. The molecule has 0 unspecified atom stereocenters. The van der Waals surface area contributed by atoms with Gasteiger partial charge >= 0.3 is 0 Å². The number of unbranched alkanes of at least 4 members (excludes halogenated alkanes) is 10. The first-order valence-electron chi connectivity index (χ1n) is 15.4. The highest BCUT2D eigenvalue weighted by Crippen LogP contribution is 2.34. The first-order valence-corrected chi connectivity index (χ1v) is 16.9. The summed E-state index contributed by atoms with van der Waals surface area (Å²) in [6, 6.07) is 6.31. The van der Waals surface area contributed by atoms with Crippen LogP contribution in [0.4, 0.5) is 11.4 Å². The van der Waals surface area contributed by atoms with Gasteiger partial charge in [-0.25, -0.2) is 8.42 Å². The molecule has 11 nitrogen and oxygen atoms in total. The van der Waals surface area contributed by atoms with Crippen LogP contribution in [0.3, 0.4) is 0 Å². The molecule has 0 atom stereocenters. The molecule has 1 aromatic carbocycles. The maximum atomic E-state index is 14.0. The second-order valence-electron chi connectivity index (χ2n) is 11.2. The second-order valence-corrected chi connectivity index (χ2v) is 13.1. The molecule has 0 radical (unpaired) electrons. The number of carbonyl (C=O) groups is 1. The van der Waals surface area contributed by atoms with Gasteiger partial charge in [-0.3, -0.25) is 9.59 Å². The lowest BCUT2D eigenvalue weighted by atomic mass is 10.1. The maximum absolute atomic E-state index is 14.0. The Bertz CT molecular complexity index is 1370. The summed E-state index contributed by atoms with van der Waals surface area (Å²) in [6.07, 6.45) is 12.6. The molecule has 12 heteroatoms. The summed E-state index contributed by atoms with van der Waals surface area (Å²) in [6.45, 7) is 6.63. The molecule has 0 aliphatic heterocycles. The normalized spacial score (nSPS) is 12.0. The van der Waals surface area contributed by atoms with Crippen LogP contribution in [0.2, 0.25) is 0 Å². The van der Waals surface area contributed by atoms with Crippen LogP contribution in [0.1, 0.15) is 107 Å². The van der Waals surface area contributed by atoms with E-state index in [-0.39, 0.29) is 27.4 Å². The highest BCUT2D eigenvalue weighted by atomic mass is 32.2. The van der Waals surface area contributed by atoms with Crippen molar-refractivity contribution in [1.29, 1.82) is 0 Å². The molecule has 0 spiro atoms. The number of amides is 1. The van der Waals surface area contributed by atoms with E-state index in [2.05, 4.69) is 24.1 Å². The van der Waals surface area contributed by atoms with Gasteiger partial charge in [-0.2, -0.15) is 8.98 Å². The van der Waals surface area contributed by atoms with Gasteiger partial charge in [-0.15, -0.1) is 10.2 Å². The van der Waals surface area contributed by atoms with Crippen molar-refractivity contribution in [3.63, 3.8) is 0 Å². The second kappa shape index (κ2) is 17.8. The Morgan fingerprint density at radius 1 is 0.884 bits per heavy atom. The molecule has 0 fully saturated rings. The number of azo groups is 1. The third-order valence-electron chi connectivity index (χ3n) is 7.49. The zero-order valence-electron chi connectivity index (χ0n) is 26.5. The summed E-state index contributed by atoms with van der Waals surface area (Å²) in [5.41, 5.74) is -1.18. The summed E-state index contributed by atoms with van der Waals surface area (Å²) in [5, 5.41) is 18.9. The van der Waals surface area contributed by atoms with Gasteiger partial charge in [0.1, 0.15) is 16.1 Å². The van der Waals surface area contributed by atoms with E-state index in [9.17, 15) is 23.1 Å². The smallest absolute Gasteiger partial charge is 0.285 e. The van der Waals surface area contributed by atoms with Crippen LogP contribution in [0.5, 0.6) is 5.88 Å². The minimum absolute atomic E-state index is 0.00137. The van der Waals surface area contributed by atoms with Gasteiger partial charge in [0.05, 0.1) is 0 Å². The van der Waals surface area contributed by atoms with Crippen molar-refractivity contribution in [2.24, 2.45) is 10.2 Å². The van der Waals surface area contributed by atoms with Crippen LogP contribution < -0.4 is 11.4 Å². The summed E-state index contributed by atoms with van der Waals surface area (Å²) in [7, 11) is -0.951. The molecule has 0 saturated carbocycles. The number of nitrogen functional groups attached to an aromatic ring is 1. The standard InChI is InChI=1S/C31H50N6O5S/c1-6-8-10-12-14-18-22-36(23-19-15-13-11-9-7-2)43(41,42)26-21-17-16-20-25(26)33-34-28-24(3)27(29(38)35(4)5)30(39)37(32)31(28)40/h16-17,20-21,40H,6-15,18-19,22-23,32H2,1-5H3/b34-33+. The zero-order chi connectivity index (χ0) is 32.0. The zero-order valence-corrected chi connectivity index (χ0v) is 27.3. The van der Waals surface area contributed by atoms with Gasteiger partial charge in [0.25, 0.3) is 11.5 Å². The number of hydrogen-bond donors (Lipinski definition) is 2. The van der Waals surface area contributed by atoms with Crippen LogP contribution in [-0.2, 0) is 10.0 Å². The largest absolute Gasteiger partial charge is 0.492 e. The Hall–Kier alpha value is -3.25. The Labute approximate surface area is 256 Å². The summed E-state index contributed by atoms with van der Waals surface area (Å²) >= 11 is 0. The van der Waals surface area contributed by atoms with E-state index >= 15 is 0 Å². The lowest BCUT2D eigenvalue weighted by Gasteiger charge is -2.23. The molecule has 0 aliphatic carbocycles. The Balaban J connectivity index is 2.42. The summed E-state index contributed by atoms with van der Waals surface area (Å²) in [5.74, 6) is 4.45. The van der Waals surface area contributed by atoms with E-state index in [1.54, 1.807) is 16.4 Å². The molecule has 0 bridgehead atoms. The average Bonchev–Trinajstić information content (AvgIpc) is 2.98. The van der Waals surface area contributed by atoms with Crippen molar-refractivity contribution in [1.82, 2.24) is 13.9 Å². The van der Waals surface area contributed by atoms with Crippen molar-refractivity contribution in [3.8, 4) is 5.88 Å². The van der Waals surface area contributed by atoms with Gasteiger partial charge in [0.2, 0.25) is 15.9 Å². The molecule has 3 N–H and O–H groups in total. The predicted octanol–water partition coefficient (Wildman–Crippen LogP) is 6.41. The monoisotopic (exact) mass is 618 g/mol. The minimum atomic E-state index is -3.92. The SMILES string of the molecule is CCCCCCCCN(CCCCCCCC)S(=O)(=O)c1ccccc1/N=N/c1c(C)c(C(=O)N(C)C)c(=O)n(N)c1O. The van der Waals surface area contributed by atoms with Crippen molar-refractivity contribution in [2.45, 2.75) is 103 Å². The van der Waals surface area contributed by atoms with Gasteiger partial charge in [0, 0.05) is 32.7 Å². The quantitative estimate of drug-likeness (QED) is 0.106. The Morgan fingerprint density at radius 2 is 1.40 bits per heavy atom. The number of benzene rings is 1. The van der Waals surface area contributed by atoms with Gasteiger partial charge in [-0.1, -0.05) is 90.2 Å². The molecule has 1 aromatic heterocycles. The van der Waals surface area contributed by atoms with Crippen LogP contribution in [0.25, 0.3) is 0 Å². The fourth-order valence-electron chi connectivity index (χ4n) is 4.86. The van der Waals surface area contributed by atoms with E-state index in [1.165, 1.54) is 50.9 Å². The Morgan fingerprint density at radius 3 is 1.93 bits per heavy atom. The number of nitrogens with zero attached hydrogens (tertiary/aromatic N) is 5. The van der Waals surface area contributed by atoms with Crippen molar-refractivity contribution < 1.29 is 18.3 Å². The van der Waals surface area contributed by atoms with Crippen LogP contribution >= 0.6 is 0 Å². The maximum Gasteiger partial charge on any atom is 0.285 e. The Kier molecular flexibility index (Phi) is 14.9.